The highest BCUT2D eigenvalue weighted by atomic mass is 16.3. The first-order valence-corrected chi connectivity index (χ1v) is 6.63. The molecule has 106 valence electrons. The van der Waals surface area contributed by atoms with Crippen LogP contribution in [0.5, 0.6) is 0 Å². The molecular formula is C16H25NO2. The summed E-state index contributed by atoms with van der Waals surface area (Å²) in [7, 11) is 0. The van der Waals surface area contributed by atoms with Gasteiger partial charge in [0, 0.05) is 12.1 Å². The van der Waals surface area contributed by atoms with E-state index in [1.54, 1.807) is 13.8 Å². The van der Waals surface area contributed by atoms with Crippen molar-refractivity contribution in [2.24, 2.45) is 0 Å². The van der Waals surface area contributed by atoms with Crippen LogP contribution in [0.2, 0.25) is 0 Å². The lowest BCUT2D eigenvalue weighted by molar-refractivity contribution is 0.0693. The average molecular weight is 263 g/mol. The molecule has 0 radical (unpaired) electrons. The third-order valence-corrected chi connectivity index (χ3v) is 3.91. The topological polar surface area (TPSA) is 49.3 Å². The smallest absolute Gasteiger partial charge is 0.251 e. The standard InChI is InChI=1S/C16H25NO2/c1-9-10(2)12(4)14(13(5)11(9)3)15(18)17-8-16(6,7)19/h19H,8H2,1-7H3,(H,17,18). The summed E-state index contributed by atoms with van der Waals surface area (Å²) in [6.07, 6.45) is 0. The number of carbonyl (C=O) groups excluding carboxylic acids is 1. The number of hydrogen-bond acceptors (Lipinski definition) is 2. The van der Waals surface area contributed by atoms with E-state index >= 15 is 0 Å². The SMILES string of the molecule is Cc1c(C)c(C)c(C(=O)NCC(C)(C)O)c(C)c1C. The summed E-state index contributed by atoms with van der Waals surface area (Å²) in [5, 5.41) is 12.5. The van der Waals surface area contributed by atoms with Crippen molar-refractivity contribution in [3.05, 3.63) is 33.4 Å². The van der Waals surface area contributed by atoms with E-state index in [1.165, 1.54) is 5.56 Å². The fourth-order valence-electron chi connectivity index (χ4n) is 2.23. The first kappa shape index (κ1) is 15.7. The lowest BCUT2D eigenvalue weighted by Gasteiger charge is -2.21. The van der Waals surface area contributed by atoms with E-state index in [0.29, 0.717) is 0 Å². The van der Waals surface area contributed by atoms with Crippen LogP contribution < -0.4 is 5.32 Å². The van der Waals surface area contributed by atoms with E-state index in [4.69, 9.17) is 0 Å². The van der Waals surface area contributed by atoms with E-state index in [9.17, 15) is 9.90 Å². The molecule has 1 aromatic rings. The Kier molecular flexibility index (Phi) is 4.41. The van der Waals surface area contributed by atoms with E-state index in [1.807, 2.05) is 27.7 Å². The number of aliphatic hydroxyl groups is 1. The van der Waals surface area contributed by atoms with E-state index in [2.05, 4.69) is 12.2 Å². The lowest BCUT2D eigenvalue weighted by atomic mass is 9.89. The van der Waals surface area contributed by atoms with Crippen LogP contribution in [0.25, 0.3) is 0 Å². The zero-order chi connectivity index (χ0) is 15.0. The van der Waals surface area contributed by atoms with Gasteiger partial charge in [-0.15, -0.1) is 0 Å². The third-order valence-electron chi connectivity index (χ3n) is 3.91. The molecule has 0 heterocycles. The molecule has 0 atom stereocenters. The van der Waals surface area contributed by atoms with Crippen LogP contribution >= 0.6 is 0 Å². The Hall–Kier alpha value is -1.35. The molecule has 1 amide bonds. The maximum atomic E-state index is 12.3. The van der Waals surface area contributed by atoms with Crippen molar-refractivity contribution in [2.75, 3.05) is 6.54 Å². The minimum atomic E-state index is -0.897. The zero-order valence-corrected chi connectivity index (χ0v) is 13.1. The Balaban J connectivity index is 3.18. The summed E-state index contributed by atoms with van der Waals surface area (Å²) in [6.45, 7) is 13.7. The predicted molar refractivity (Wildman–Crippen MR) is 78.8 cm³/mol. The molecule has 3 nitrogen and oxygen atoms in total. The second-order valence-electron chi connectivity index (χ2n) is 6.00. The maximum absolute atomic E-state index is 12.3. The van der Waals surface area contributed by atoms with Gasteiger partial charge in [-0.1, -0.05) is 0 Å². The van der Waals surface area contributed by atoms with Crippen molar-refractivity contribution in [3.63, 3.8) is 0 Å². The van der Waals surface area contributed by atoms with Crippen LogP contribution in [-0.2, 0) is 0 Å². The highest BCUT2D eigenvalue weighted by Gasteiger charge is 2.20. The van der Waals surface area contributed by atoms with Gasteiger partial charge in [-0.2, -0.15) is 0 Å². The normalized spacial score (nSPS) is 11.6. The quantitative estimate of drug-likeness (QED) is 0.881. The van der Waals surface area contributed by atoms with Gasteiger partial charge in [-0.05, 0) is 76.3 Å². The number of hydrogen-bond donors (Lipinski definition) is 2. The van der Waals surface area contributed by atoms with Gasteiger partial charge in [-0.3, -0.25) is 4.79 Å². The second-order valence-corrected chi connectivity index (χ2v) is 6.00. The van der Waals surface area contributed by atoms with Crippen molar-refractivity contribution < 1.29 is 9.90 Å². The molecule has 3 heteroatoms. The van der Waals surface area contributed by atoms with Crippen LogP contribution in [0, 0.1) is 34.6 Å². The molecule has 19 heavy (non-hydrogen) atoms. The summed E-state index contributed by atoms with van der Waals surface area (Å²) in [5.74, 6) is -0.108. The number of nitrogens with one attached hydrogen (secondary N) is 1. The minimum absolute atomic E-state index is 0.108. The molecule has 0 aliphatic rings. The van der Waals surface area contributed by atoms with Crippen molar-refractivity contribution in [2.45, 2.75) is 54.1 Å². The highest BCUT2D eigenvalue weighted by molar-refractivity contribution is 5.98. The summed E-state index contributed by atoms with van der Waals surface area (Å²) in [5.41, 5.74) is 5.46. The Morgan fingerprint density at radius 2 is 1.32 bits per heavy atom. The molecule has 0 aliphatic carbocycles. The number of rotatable bonds is 3. The minimum Gasteiger partial charge on any atom is -0.389 e. The van der Waals surface area contributed by atoms with Crippen LogP contribution in [0.3, 0.4) is 0 Å². The van der Waals surface area contributed by atoms with Crippen LogP contribution in [-0.4, -0.2) is 23.2 Å². The highest BCUT2D eigenvalue weighted by Crippen LogP contribution is 2.25. The Morgan fingerprint density at radius 3 is 1.68 bits per heavy atom. The lowest BCUT2D eigenvalue weighted by Crippen LogP contribution is -2.38. The molecule has 2 N–H and O–H groups in total. The first-order valence-electron chi connectivity index (χ1n) is 6.63. The van der Waals surface area contributed by atoms with Gasteiger partial charge in [0.2, 0.25) is 0 Å². The number of amides is 1. The molecule has 0 aromatic heterocycles. The Morgan fingerprint density at radius 1 is 0.947 bits per heavy atom. The molecule has 1 rings (SSSR count). The predicted octanol–water partition coefficient (Wildman–Crippen LogP) is 2.73. The largest absolute Gasteiger partial charge is 0.389 e. The fourth-order valence-corrected chi connectivity index (χ4v) is 2.23. The van der Waals surface area contributed by atoms with Gasteiger partial charge >= 0.3 is 0 Å². The number of benzene rings is 1. The molecule has 0 saturated carbocycles. The van der Waals surface area contributed by atoms with E-state index in [-0.39, 0.29) is 12.5 Å². The van der Waals surface area contributed by atoms with Gasteiger partial charge in [-0.25, -0.2) is 0 Å². The van der Waals surface area contributed by atoms with Gasteiger partial charge in [0.25, 0.3) is 5.91 Å². The molecule has 0 aliphatic heterocycles. The van der Waals surface area contributed by atoms with E-state index < -0.39 is 5.60 Å². The average Bonchev–Trinajstić information content (AvgIpc) is 2.31. The van der Waals surface area contributed by atoms with Gasteiger partial charge < -0.3 is 10.4 Å². The third kappa shape index (κ3) is 3.35. The van der Waals surface area contributed by atoms with Crippen molar-refractivity contribution in [3.8, 4) is 0 Å². The fraction of sp³-hybridized carbons (Fsp3) is 0.562. The summed E-state index contributed by atoms with van der Waals surface area (Å²) in [4.78, 5) is 12.3. The Bertz CT molecular complexity index is 481. The van der Waals surface area contributed by atoms with Gasteiger partial charge in [0.05, 0.1) is 5.60 Å². The second kappa shape index (κ2) is 5.33. The van der Waals surface area contributed by atoms with Crippen LogP contribution in [0.4, 0.5) is 0 Å². The number of carbonyl (C=O) groups is 1. The summed E-state index contributed by atoms with van der Waals surface area (Å²) < 4.78 is 0. The van der Waals surface area contributed by atoms with Gasteiger partial charge in [0.1, 0.15) is 0 Å². The molecular weight excluding hydrogens is 238 g/mol. The molecule has 0 saturated heterocycles. The van der Waals surface area contributed by atoms with Crippen molar-refractivity contribution in [1.29, 1.82) is 0 Å². The zero-order valence-electron chi connectivity index (χ0n) is 13.1. The molecule has 1 aromatic carbocycles. The molecule has 0 unspecified atom stereocenters. The Labute approximate surface area is 116 Å². The maximum Gasteiger partial charge on any atom is 0.251 e. The van der Waals surface area contributed by atoms with Gasteiger partial charge in [0.15, 0.2) is 0 Å². The van der Waals surface area contributed by atoms with Crippen LogP contribution in [0.15, 0.2) is 0 Å². The van der Waals surface area contributed by atoms with Crippen molar-refractivity contribution in [1.82, 2.24) is 5.32 Å². The first-order chi connectivity index (χ1) is 8.56. The van der Waals surface area contributed by atoms with E-state index in [0.717, 1.165) is 27.8 Å². The van der Waals surface area contributed by atoms with Crippen molar-refractivity contribution >= 4 is 5.91 Å². The molecule has 0 spiro atoms. The van der Waals surface area contributed by atoms with Crippen LogP contribution in [0.1, 0.15) is 52.0 Å². The summed E-state index contributed by atoms with van der Waals surface area (Å²) >= 11 is 0. The summed E-state index contributed by atoms with van der Waals surface area (Å²) in [6, 6.07) is 0. The molecule has 0 bridgehead atoms. The monoisotopic (exact) mass is 263 g/mol. The molecule has 0 fully saturated rings.